The van der Waals surface area contributed by atoms with Gasteiger partial charge in [0.15, 0.2) is 5.11 Å². The minimum absolute atomic E-state index is 0.822. The predicted octanol–water partition coefficient (Wildman–Crippen LogP) is 2.58. The lowest BCUT2D eigenvalue weighted by Crippen LogP contribution is -2.51. The third-order valence-electron chi connectivity index (χ3n) is 4.24. The molecule has 1 saturated heterocycles. The van der Waals surface area contributed by atoms with Gasteiger partial charge in [-0.2, -0.15) is 0 Å². The number of nitrogens with zero attached hydrogens (tertiary/aromatic N) is 2. The second-order valence-electron chi connectivity index (χ2n) is 5.66. The number of pyridine rings is 1. The molecular weight excluding hydrogens is 304 g/mol. The summed E-state index contributed by atoms with van der Waals surface area (Å²) in [5.41, 5.74) is 2.42. The number of rotatable bonds is 3. The third-order valence-corrected chi connectivity index (χ3v) is 4.60. The van der Waals surface area contributed by atoms with E-state index in [0.717, 1.165) is 43.4 Å². The fraction of sp³-hybridized carbons (Fsp3) is 0.333. The molecule has 2 aromatic rings. The van der Waals surface area contributed by atoms with E-state index in [1.54, 1.807) is 0 Å². The topological polar surface area (TPSA) is 32.6 Å². The number of H-pyrrole nitrogens is 1. The van der Waals surface area contributed by atoms with Gasteiger partial charge in [0.05, 0.1) is 19.3 Å². The first kappa shape index (κ1) is 15.7. The van der Waals surface area contributed by atoms with E-state index in [1.165, 1.54) is 11.4 Å². The van der Waals surface area contributed by atoms with Gasteiger partial charge in [-0.15, -0.1) is 0 Å². The summed E-state index contributed by atoms with van der Waals surface area (Å²) in [6.07, 6.45) is 2.97. The highest BCUT2D eigenvalue weighted by atomic mass is 32.1. The fourth-order valence-electron chi connectivity index (χ4n) is 2.88. The summed E-state index contributed by atoms with van der Waals surface area (Å²) in [7, 11) is 0. The Morgan fingerprint density at radius 1 is 1.09 bits per heavy atom. The number of aryl methyl sites for hydroxylation is 1. The Bertz CT molecular complexity index is 651. The van der Waals surface area contributed by atoms with Crippen molar-refractivity contribution >= 4 is 28.8 Å². The molecule has 0 unspecified atom stereocenters. The fourth-order valence-corrected chi connectivity index (χ4v) is 3.17. The Kier molecular flexibility index (Phi) is 5.08. The van der Waals surface area contributed by atoms with E-state index >= 15 is 0 Å². The number of anilines is 2. The van der Waals surface area contributed by atoms with Gasteiger partial charge < -0.3 is 10.2 Å². The smallest absolute Gasteiger partial charge is 0.274 e. The van der Waals surface area contributed by atoms with Crippen LogP contribution in [-0.2, 0) is 6.42 Å². The van der Waals surface area contributed by atoms with Crippen molar-refractivity contribution in [2.24, 2.45) is 0 Å². The molecule has 0 atom stereocenters. The molecule has 120 valence electrons. The number of piperazine rings is 1. The van der Waals surface area contributed by atoms with E-state index < -0.39 is 0 Å². The number of para-hydroxylation sites is 1. The van der Waals surface area contributed by atoms with Gasteiger partial charge in [-0.25, -0.2) is 4.98 Å². The number of nitrogens with one attached hydrogen (secondary N) is 2. The van der Waals surface area contributed by atoms with E-state index in [0.29, 0.717) is 0 Å². The van der Waals surface area contributed by atoms with Crippen molar-refractivity contribution in [1.82, 2.24) is 4.90 Å². The van der Waals surface area contributed by atoms with Crippen molar-refractivity contribution in [3.8, 4) is 0 Å². The van der Waals surface area contributed by atoms with Crippen LogP contribution in [0.3, 0.4) is 0 Å². The molecule has 4 nitrogen and oxygen atoms in total. The lowest BCUT2D eigenvalue weighted by atomic mass is 10.1. The lowest BCUT2D eigenvalue weighted by molar-refractivity contribution is -0.364. The van der Waals surface area contributed by atoms with Gasteiger partial charge in [-0.3, -0.25) is 4.90 Å². The van der Waals surface area contributed by atoms with Gasteiger partial charge in [0.25, 0.3) is 5.82 Å². The number of hydrogen-bond acceptors (Lipinski definition) is 2. The number of hydrogen-bond donors (Lipinski definition) is 1. The van der Waals surface area contributed by atoms with Crippen molar-refractivity contribution in [3.63, 3.8) is 0 Å². The minimum atomic E-state index is 0.822. The molecule has 0 bridgehead atoms. The van der Waals surface area contributed by atoms with Crippen LogP contribution in [-0.4, -0.2) is 36.2 Å². The maximum Gasteiger partial charge on any atom is 0.274 e. The summed E-state index contributed by atoms with van der Waals surface area (Å²) >= 11 is 5.61. The van der Waals surface area contributed by atoms with E-state index in [4.69, 9.17) is 12.2 Å². The quantitative estimate of drug-likeness (QED) is 0.879. The van der Waals surface area contributed by atoms with Crippen molar-refractivity contribution < 1.29 is 4.98 Å². The van der Waals surface area contributed by atoms with Gasteiger partial charge in [0, 0.05) is 11.8 Å². The Morgan fingerprint density at radius 2 is 1.83 bits per heavy atom. The zero-order valence-corrected chi connectivity index (χ0v) is 14.3. The Labute approximate surface area is 143 Å². The van der Waals surface area contributed by atoms with E-state index in [-0.39, 0.29) is 0 Å². The van der Waals surface area contributed by atoms with Crippen molar-refractivity contribution in [1.29, 1.82) is 0 Å². The van der Waals surface area contributed by atoms with Crippen LogP contribution < -0.4 is 15.2 Å². The molecule has 2 heterocycles. The molecule has 0 spiro atoms. The Hall–Kier alpha value is -2.14. The van der Waals surface area contributed by atoms with Crippen molar-refractivity contribution in [2.75, 3.05) is 36.4 Å². The highest BCUT2D eigenvalue weighted by Crippen LogP contribution is 2.17. The molecule has 5 heteroatoms. The second-order valence-corrected chi connectivity index (χ2v) is 6.05. The summed E-state index contributed by atoms with van der Waals surface area (Å²) in [4.78, 5) is 7.91. The average molecular weight is 327 g/mol. The van der Waals surface area contributed by atoms with E-state index in [9.17, 15) is 0 Å². The molecule has 1 aliphatic rings. The van der Waals surface area contributed by atoms with Crippen LogP contribution in [0.5, 0.6) is 0 Å². The summed E-state index contributed by atoms with van der Waals surface area (Å²) in [5.74, 6) is 1.17. The lowest BCUT2D eigenvalue weighted by Gasteiger charge is -2.33. The average Bonchev–Trinajstić information content (AvgIpc) is 2.63. The zero-order chi connectivity index (χ0) is 16.1. The second kappa shape index (κ2) is 7.42. The number of thiocarbonyl (C=S) groups is 1. The molecule has 1 aromatic carbocycles. The molecule has 0 aliphatic carbocycles. The van der Waals surface area contributed by atoms with E-state index in [2.05, 4.69) is 57.4 Å². The molecule has 0 radical (unpaired) electrons. The normalized spacial score (nSPS) is 14.7. The first-order chi connectivity index (χ1) is 11.3. The number of benzene rings is 1. The van der Waals surface area contributed by atoms with Crippen LogP contribution in [0.25, 0.3) is 0 Å². The molecule has 0 saturated carbocycles. The van der Waals surface area contributed by atoms with Gasteiger partial charge >= 0.3 is 0 Å². The minimum Gasteiger partial charge on any atom is -0.341 e. The highest BCUT2D eigenvalue weighted by Gasteiger charge is 2.24. The summed E-state index contributed by atoms with van der Waals surface area (Å²) in [5, 5.41) is 4.24. The monoisotopic (exact) mass is 327 g/mol. The Balaban J connectivity index is 1.58. The van der Waals surface area contributed by atoms with E-state index in [1.807, 2.05) is 18.3 Å². The zero-order valence-electron chi connectivity index (χ0n) is 13.5. The SMILES string of the molecule is CCc1ccccc1NC(=S)N1CCN(c2cccc[nH+]2)CC1. The van der Waals surface area contributed by atoms with Crippen LogP contribution in [0.1, 0.15) is 12.5 Å². The standard InChI is InChI=1S/C18H22N4S/c1-2-15-7-3-4-8-16(15)20-18(23)22-13-11-21(12-14-22)17-9-5-6-10-19-17/h3-10H,2,11-14H2,1H3,(H,20,23)/p+1. The molecule has 0 amide bonds. The van der Waals surface area contributed by atoms with Gasteiger partial charge in [0.2, 0.25) is 0 Å². The van der Waals surface area contributed by atoms with Crippen LogP contribution in [0, 0.1) is 0 Å². The Morgan fingerprint density at radius 3 is 2.52 bits per heavy atom. The van der Waals surface area contributed by atoms with Crippen LogP contribution in [0.4, 0.5) is 11.5 Å². The van der Waals surface area contributed by atoms with Gasteiger partial charge in [-0.05, 0) is 36.3 Å². The number of aromatic nitrogens is 1. The molecule has 2 N–H and O–H groups in total. The first-order valence-corrected chi connectivity index (χ1v) is 8.54. The van der Waals surface area contributed by atoms with Crippen LogP contribution in [0.2, 0.25) is 0 Å². The molecule has 23 heavy (non-hydrogen) atoms. The summed E-state index contributed by atoms with van der Waals surface area (Å²) in [6.45, 7) is 5.97. The van der Waals surface area contributed by atoms with Gasteiger partial charge in [-0.1, -0.05) is 31.2 Å². The molecule has 1 aromatic heterocycles. The van der Waals surface area contributed by atoms with Gasteiger partial charge in [0.1, 0.15) is 13.1 Å². The summed E-state index contributed by atoms with van der Waals surface area (Å²) in [6, 6.07) is 14.5. The summed E-state index contributed by atoms with van der Waals surface area (Å²) < 4.78 is 0. The number of aromatic amines is 1. The first-order valence-electron chi connectivity index (χ1n) is 8.13. The van der Waals surface area contributed by atoms with Crippen LogP contribution in [0.15, 0.2) is 48.7 Å². The predicted molar refractivity (Wildman–Crippen MR) is 98.8 cm³/mol. The van der Waals surface area contributed by atoms with Crippen molar-refractivity contribution in [3.05, 3.63) is 54.2 Å². The maximum atomic E-state index is 5.61. The molecule has 1 aliphatic heterocycles. The third kappa shape index (κ3) is 3.79. The molecule has 1 fully saturated rings. The maximum absolute atomic E-state index is 5.61. The molecular formula is C18H23N4S+. The largest absolute Gasteiger partial charge is 0.341 e. The van der Waals surface area contributed by atoms with Crippen molar-refractivity contribution in [2.45, 2.75) is 13.3 Å². The highest BCUT2D eigenvalue weighted by molar-refractivity contribution is 7.80. The van der Waals surface area contributed by atoms with Crippen LogP contribution >= 0.6 is 12.2 Å². The molecule has 3 rings (SSSR count).